The van der Waals surface area contributed by atoms with Crippen molar-refractivity contribution >= 4 is 33.2 Å². The van der Waals surface area contributed by atoms with Crippen LogP contribution in [-0.4, -0.2) is 0 Å². The highest BCUT2D eigenvalue weighted by Gasteiger charge is 2.07. The SMILES string of the molecule is FC(F)c1cccc(CNc2ccc(Br)cc2Cl)c1. The molecule has 0 atom stereocenters. The van der Waals surface area contributed by atoms with E-state index in [4.69, 9.17) is 11.6 Å². The Morgan fingerprint density at radius 3 is 2.63 bits per heavy atom. The summed E-state index contributed by atoms with van der Waals surface area (Å²) in [5.41, 5.74) is 1.59. The van der Waals surface area contributed by atoms with E-state index in [1.807, 2.05) is 12.1 Å². The zero-order valence-electron chi connectivity index (χ0n) is 9.84. The third-order valence-corrected chi connectivity index (χ3v) is 3.42. The van der Waals surface area contributed by atoms with E-state index in [2.05, 4.69) is 21.2 Å². The van der Waals surface area contributed by atoms with E-state index in [1.165, 1.54) is 12.1 Å². The Labute approximate surface area is 123 Å². The lowest BCUT2D eigenvalue weighted by Crippen LogP contribution is -2.00. The van der Waals surface area contributed by atoms with Crippen LogP contribution in [0.4, 0.5) is 14.5 Å². The topological polar surface area (TPSA) is 12.0 Å². The minimum absolute atomic E-state index is 0.0289. The van der Waals surface area contributed by atoms with Crippen LogP contribution in [0.2, 0.25) is 5.02 Å². The van der Waals surface area contributed by atoms with Gasteiger partial charge in [-0.2, -0.15) is 0 Å². The Morgan fingerprint density at radius 1 is 1.16 bits per heavy atom. The molecule has 0 radical (unpaired) electrons. The van der Waals surface area contributed by atoms with Crippen LogP contribution in [0.1, 0.15) is 17.6 Å². The Hall–Kier alpha value is -1.13. The lowest BCUT2D eigenvalue weighted by molar-refractivity contribution is 0.151. The van der Waals surface area contributed by atoms with Crippen LogP contribution in [0.3, 0.4) is 0 Å². The fraction of sp³-hybridized carbons (Fsp3) is 0.143. The highest BCUT2D eigenvalue weighted by molar-refractivity contribution is 9.10. The van der Waals surface area contributed by atoms with Crippen LogP contribution in [0.25, 0.3) is 0 Å². The standard InChI is InChI=1S/C14H11BrClF2N/c15-11-4-5-13(12(16)7-11)19-8-9-2-1-3-10(6-9)14(17)18/h1-7,14,19H,8H2. The second-order valence-electron chi connectivity index (χ2n) is 4.02. The summed E-state index contributed by atoms with van der Waals surface area (Å²) in [7, 11) is 0. The van der Waals surface area contributed by atoms with Crippen LogP contribution in [0.5, 0.6) is 0 Å². The zero-order chi connectivity index (χ0) is 13.8. The van der Waals surface area contributed by atoms with E-state index in [0.29, 0.717) is 11.6 Å². The Balaban J connectivity index is 2.08. The van der Waals surface area contributed by atoms with Gasteiger partial charge < -0.3 is 5.32 Å². The number of hydrogen-bond acceptors (Lipinski definition) is 1. The lowest BCUT2D eigenvalue weighted by Gasteiger charge is -2.10. The van der Waals surface area contributed by atoms with Gasteiger partial charge in [-0.25, -0.2) is 8.78 Å². The molecular formula is C14H11BrClF2N. The molecule has 2 rings (SSSR count). The molecule has 0 aromatic heterocycles. The van der Waals surface area contributed by atoms with Crippen molar-refractivity contribution in [2.75, 3.05) is 5.32 Å². The average Bonchev–Trinajstić information content (AvgIpc) is 2.38. The maximum absolute atomic E-state index is 12.6. The van der Waals surface area contributed by atoms with Gasteiger partial charge in [0.2, 0.25) is 0 Å². The number of anilines is 1. The van der Waals surface area contributed by atoms with Crippen molar-refractivity contribution in [2.24, 2.45) is 0 Å². The third-order valence-electron chi connectivity index (χ3n) is 2.62. The second kappa shape index (κ2) is 6.35. The molecule has 0 unspecified atom stereocenters. The molecule has 100 valence electrons. The van der Waals surface area contributed by atoms with E-state index in [1.54, 1.807) is 18.2 Å². The predicted octanol–water partition coefficient (Wildman–Crippen LogP) is 5.65. The molecule has 0 spiro atoms. The number of nitrogens with one attached hydrogen (secondary N) is 1. The Bertz CT molecular complexity index is 575. The first-order chi connectivity index (χ1) is 9.06. The lowest BCUT2D eigenvalue weighted by atomic mass is 10.1. The Morgan fingerprint density at radius 2 is 1.95 bits per heavy atom. The van der Waals surface area contributed by atoms with Gasteiger partial charge in [0.15, 0.2) is 0 Å². The van der Waals surface area contributed by atoms with Gasteiger partial charge in [-0.05, 0) is 29.8 Å². The molecule has 0 heterocycles. The molecule has 0 saturated heterocycles. The summed E-state index contributed by atoms with van der Waals surface area (Å²) in [6, 6.07) is 11.8. The highest BCUT2D eigenvalue weighted by Crippen LogP contribution is 2.26. The molecule has 5 heteroatoms. The first-order valence-electron chi connectivity index (χ1n) is 5.62. The van der Waals surface area contributed by atoms with Crippen molar-refractivity contribution < 1.29 is 8.78 Å². The van der Waals surface area contributed by atoms with Gasteiger partial charge in [-0.1, -0.05) is 45.7 Å². The molecular weight excluding hydrogens is 336 g/mol. The van der Waals surface area contributed by atoms with Crippen molar-refractivity contribution in [3.63, 3.8) is 0 Å². The number of benzene rings is 2. The summed E-state index contributed by atoms with van der Waals surface area (Å²) in [5, 5.41) is 3.71. The van der Waals surface area contributed by atoms with Gasteiger partial charge in [0.05, 0.1) is 10.7 Å². The molecule has 1 nitrogen and oxygen atoms in total. The number of hydrogen-bond donors (Lipinski definition) is 1. The molecule has 2 aromatic rings. The van der Waals surface area contributed by atoms with E-state index in [0.717, 1.165) is 15.7 Å². The van der Waals surface area contributed by atoms with Crippen molar-refractivity contribution in [3.05, 3.63) is 63.1 Å². The first-order valence-corrected chi connectivity index (χ1v) is 6.79. The smallest absolute Gasteiger partial charge is 0.263 e. The summed E-state index contributed by atoms with van der Waals surface area (Å²) in [4.78, 5) is 0. The number of halogens is 4. The molecule has 0 amide bonds. The van der Waals surface area contributed by atoms with E-state index in [-0.39, 0.29) is 5.56 Å². The van der Waals surface area contributed by atoms with Crippen molar-refractivity contribution in [1.82, 2.24) is 0 Å². The molecule has 0 aliphatic heterocycles. The van der Waals surface area contributed by atoms with E-state index in [9.17, 15) is 8.78 Å². The third kappa shape index (κ3) is 3.91. The van der Waals surface area contributed by atoms with Gasteiger partial charge in [0, 0.05) is 16.6 Å². The van der Waals surface area contributed by atoms with Gasteiger partial charge >= 0.3 is 0 Å². The largest absolute Gasteiger partial charge is 0.380 e. The fourth-order valence-electron chi connectivity index (χ4n) is 1.67. The molecule has 19 heavy (non-hydrogen) atoms. The normalized spacial score (nSPS) is 10.8. The maximum Gasteiger partial charge on any atom is 0.263 e. The predicted molar refractivity (Wildman–Crippen MR) is 77.9 cm³/mol. The number of rotatable bonds is 4. The summed E-state index contributed by atoms with van der Waals surface area (Å²) < 4.78 is 26.0. The quantitative estimate of drug-likeness (QED) is 0.754. The van der Waals surface area contributed by atoms with E-state index < -0.39 is 6.43 Å². The van der Waals surface area contributed by atoms with Gasteiger partial charge in [0.1, 0.15) is 0 Å². The molecule has 1 N–H and O–H groups in total. The van der Waals surface area contributed by atoms with Gasteiger partial charge in [-0.15, -0.1) is 0 Å². The first kappa shape index (κ1) is 14.3. The van der Waals surface area contributed by atoms with Crippen molar-refractivity contribution in [1.29, 1.82) is 0 Å². The zero-order valence-corrected chi connectivity index (χ0v) is 12.2. The van der Waals surface area contributed by atoms with Crippen LogP contribution in [0.15, 0.2) is 46.9 Å². The molecule has 0 fully saturated rings. The minimum Gasteiger partial charge on any atom is -0.380 e. The van der Waals surface area contributed by atoms with Crippen LogP contribution < -0.4 is 5.32 Å². The maximum atomic E-state index is 12.6. The second-order valence-corrected chi connectivity index (χ2v) is 5.35. The van der Waals surface area contributed by atoms with Crippen molar-refractivity contribution in [3.8, 4) is 0 Å². The summed E-state index contributed by atoms with van der Waals surface area (Å²) in [6.45, 7) is 0.446. The van der Waals surface area contributed by atoms with Crippen LogP contribution in [0, 0.1) is 0 Å². The highest BCUT2D eigenvalue weighted by atomic mass is 79.9. The average molecular weight is 347 g/mol. The van der Waals surface area contributed by atoms with Crippen LogP contribution >= 0.6 is 27.5 Å². The molecule has 2 aromatic carbocycles. The Kier molecular flexibility index (Phi) is 4.77. The summed E-state index contributed by atoms with van der Waals surface area (Å²) >= 11 is 9.39. The fourth-order valence-corrected chi connectivity index (χ4v) is 2.41. The molecule has 0 bridgehead atoms. The molecule has 0 aliphatic rings. The van der Waals surface area contributed by atoms with Gasteiger partial charge in [-0.3, -0.25) is 0 Å². The molecule has 0 aliphatic carbocycles. The van der Waals surface area contributed by atoms with Gasteiger partial charge in [0.25, 0.3) is 6.43 Å². The minimum atomic E-state index is -2.45. The molecule has 0 saturated carbocycles. The van der Waals surface area contributed by atoms with E-state index >= 15 is 0 Å². The summed E-state index contributed by atoms with van der Waals surface area (Å²) in [5.74, 6) is 0. The summed E-state index contributed by atoms with van der Waals surface area (Å²) in [6.07, 6.45) is -2.45. The monoisotopic (exact) mass is 345 g/mol. The van der Waals surface area contributed by atoms with Crippen LogP contribution in [-0.2, 0) is 6.54 Å². The van der Waals surface area contributed by atoms with Crippen molar-refractivity contribution in [2.45, 2.75) is 13.0 Å². The number of alkyl halides is 2.